The van der Waals surface area contributed by atoms with Gasteiger partial charge >= 0.3 is 0 Å². The zero-order chi connectivity index (χ0) is 14.6. The number of anilines is 1. The average Bonchev–Trinajstić information content (AvgIpc) is 2.48. The first-order valence-electron chi connectivity index (χ1n) is 7.24. The van der Waals surface area contributed by atoms with E-state index in [2.05, 4.69) is 22.5 Å². The number of nitrogens with zero attached hydrogens (tertiary/aromatic N) is 1. The van der Waals surface area contributed by atoms with E-state index < -0.39 is 0 Å². The number of rotatable bonds is 10. The number of carbonyl (C=O) groups excluding carboxylic acids is 1. The maximum Gasteiger partial charge on any atom is 0.252 e. The van der Waals surface area contributed by atoms with Crippen molar-refractivity contribution < 1.29 is 9.53 Å². The van der Waals surface area contributed by atoms with Gasteiger partial charge in [0.2, 0.25) is 0 Å². The van der Waals surface area contributed by atoms with E-state index in [9.17, 15) is 4.79 Å². The molecule has 0 bridgehead atoms. The second-order valence-corrected chi connectivity index (χ2v) is 4.70. The maximum atomic E-state index is 11.9. The lowest BCUT2D eigenvalue weighted by atomic mass is 10.2. The molecule has 1 heterocycles. The van der Waals surface area contributed by atoms with Crippen molar-refractivity contribution in [2.45, 2.75) is 32.6 Å². The summed E-state index contributed by atoms with van der Waals surface area (Å²) in [5.74, 6) is -0.0918. The Bertz CT molecular complexity index is 396. The van der Waals surface area contributed by atoms with Gasteiger partial charge in [-0.2, -0.15) is 0 Å². The van der Waals surface area contributed by atoms with Gasteiger partial charge in [-0.1, -0.05) is 19.8 Å². The van der Waals surface area contributed by atoms with Crippen LogP contribution in [0.3, 0.4) is 0 Å². The van der Waals surface area contributed by atoms with Crippen LogP contribution in [-0.2, 0) is 4.74 Å². The van der Waals surface area contributed by atoms with Crippen LogP contribution in [0.5, 0.6) is 0 Å². The molecule has 0 saturated carbocycles. The summed E-state index contributed by atoms with van der Waals surface area (Å²) < 4.78 is 4.94. The van der Waals surface area contributed by atoms with Crippen LogP contribution >= 0.6 is 0 Å². The fourth-order valence-corrected chi connectivity index (χ4v) is 1.79. The Labute approximate surface area is 121 Å². The summed E-state index contributed by atoms with van der Waals surface area (Å²) in [5.41, 5.74) is 1.48. The highest BCUT2D eigenvalue weighted by molar-refractivity contribution is 5.94. The number of pyridine rings is 1. The fourth-order valence-electron chi connectivity index (χ4n) is 1.79. The smallest absolute Gasteiger partial charge is 0.252 e. The monoisotopic (exact) mass is 279 g/mol. The molecule has 20 heavy (non-hydrogen) atoms. The minimum absolute atomic E-state index is 0.0918. The van der Waals surface area contributed by atoms with Crippen LogP contribution < -0.4 is 10.6 Å². The van der Waals surface area contributed by atoms with Gasteiger partial charge < -0.3 is 15.4 Å². The number of ether oxygens (including phenoxy) is 1. The third kappa shape index (κ3) is 6.52. The molecule has 2 N–H and O–H groups in total. The van der Waals surface area contributed by atoms with E-state index in [1.807, 2.05) is 6.07 Å². The quantitative estimate of drug-likeness (QED) is 0.646. The van der Waals surface area contributed by atoms with Gasteiger partial charge in [-0.3, -0.25) is 9.78 Å². The molecule has 0 saturated heterocycles. The number of amides is 1. The van der Waals surface area contributed by atoms with Crippen molar-refractivity contribution >= 4 is 11.6 Å². The van der Waals surface area contributed by atoms with Gasteiger partial charge in [-0.25, -0.2) is 0 Å². The number of methoxy groups -OCH3 is 1. The van der Waals surface area contributed by atoms with Crippen molar-refractivity contribution in [3.8, 4) is 0 Å². The molecule has 0 aromatic carbocycles. The molecule has 0 radical (unpaired) electrons. The Morgan fingerprint density at radius 3 is 2.85 bits per heavy atom. The van der Waals surface area contributed by atoms with E-state index in [0.29, 0.717) is 18.7 Å². The summed E-state index contributed by atoms with van der Waals surface area (Å²) in [6.07, 6.45) is 7.68. The van der Waals surface area contributed by atoms with E-state index >= 15 is 0 Å². The summed E-state index contributed by atoms with van der Waals surface area (Å²) in [7, 11) is 1.65. The lowest BCUT2D eigenvalue weighted by Crippen LogP contribution is -2.25. The number of aromatic nitrogens is 1. The minimum atomic E-state index is -0.0918. The first kappa shape index (κ1) is 16.4. The van der Waals surface area contributed by atoms with Gasteiger partial charge in [0, 0.05) is 39.2 Å². The highest BCUT2D eigenvalue weighted by atomic mass is 16.5. The van der Waals surface area contributed by atoms with Gasteiger partial charge in [0.05, 0.1) is 11.3 Å². The molecule has 0 aliphatic rings. The average molecular weight is 279 g/mol. The van der Waals surface area contributed by atoms with Gasteiger partial charge in [0.25, 0.3) is 5.91 Å². The molecule has 0 unspecified atom stereocenters. The van der Waals surface area contributed by atoms with Crippen molar-refractivity contribution in [2.24, 2.45) is 0 Å². The van der Waals surface area contributed by atoms with Crippen molar-refractivity contribution in [1.29, 1.82) is 0 Å². The molecule has 0 fully saturated rings. The standard InChI is InChI=1S/C15H25N3O2/c1-3-4-5-7-17-14-10-13(11-16-12-14)15(19)18-8-6-9-20-2/h10-12,17H,3-9H2,1-2H3,(H,18,19). The molecule has 0 aliphatic carbocycles. The number of carbonyl (C=O) groups is 1. The van der Waals surface area contributed by atoms with Crippen molar-refractivity contribution in [3.05, 3.63) is 24.0 Å². The molecular formula is C15H25N3O2. The fraction of sp³-hybridized carbons (Fsp3) is 0.600. The molecule has 1 aromatic rings. The van der Waals surface area contributed by atoms with Crippen LogP contribution in [0.1, 0.15) is 43.0 Å². The second kappa shape index (κ2) is 10.2. The van der Waals surface area contributed by atoms with Crippen molar-refractivity contribution in [2.75, 3.05) is 32.1 Å². The Morgan fingerprint density at radius 1 is 1.25 bits per heavy atom. The third-order valence-electron chi connectivity index (χ3n) is 2.92. The minimum Gasteiger partial charge on any atom is -0.385 e. The Morgan fingerprint density at radius 2 is 2.10 bits per heavy atom. The number of hydrogen-bond acceptors (Lipinski definition) is 4. The zero-order valence-electron chi connectivity index (χ0n) is 12.4. The molecule has 112 valence electrons. The zero-order valence-corrected chi connectivity index (χ0v) is 12.4. The van der Waals surface area contributed by atoms with E-state index in [0.717, 1.165) is 25.1 Å². The summed E-state index contributed by atoms with van der Waals surface area (Å²) in [6.45, 7) is 4.35. The molecule has 5 nitrogen and oxygen atoms in total. The van der Waals surface area contributed by atoms with Crippen molar-refractivity contribution in [3.63, 3.8) is 0 Å². The molecule has 1 amide bonds. The van der Waals surface area contributed by atoms with Gasteiger partial charge in [-0.05, 0) is 18.9 Å². The van der Waals surface area contributed by atoms with Crippen molar-refractivity contribution in [1.82, 2.24) is 10.3 Å². The Kier molecular flexibility index (Phi) is 8.38. The highest BCUT2D eigenvalue weighted by Gasteiger charge is 2.06. The van der Waals surface area contributed by atoms with Crippen LogP contribution in [0.4, 0.5) is 5.69 Å². The van der Waals surface area contributed by atoms with E-state index in [4.69, 9.17) is 4.74 Å². The molecular weight excluding hydrogens is 254 g/mol. The second-order valence-electron chi connectivity index (χ2n) is 4.70. The predicted octanol–water partition coefficient (Wildman–Crippen LogP) is 2.45. The largest absolute Gasteiger partial charge is 0.385 e. The van der Waals surface area contributed by atoms with Gasteiger partial charge in [-0.15, -0.1) is 0 Å². The Hall–Kier alpha value is -1.62. The molecule has 1 rings (SSSR count). The predicted molar refractivity (Wildman–Crippen MR) is 81.1 cm³/mol. The summed E-state index contributed by atoms with van der Waals surface area (Å²) in [5, 5.41) is 6.14. The van der Waals surface area contributed by atoms with Gasteiger partial charge in [0.1, 0.15) is 0 Å². The summed E-state index contributed by atoms with van der Waals surface area (Å²) >= 11 is 0. The third-order valence-corrected chi connectivity index (χ3v) is 2.92. The maximum absolute atomic E-state index is 11.9. The van der Waals surface area contributed by atoms with Crippen LogP contribution in [0.2, 0.25) is 0 Å². The molecule has 5 heteroatoms. The number of unbranched alkanes of at least 4 members (excludes halogenated alkanes) is 2. The lowest BCUT2D eigenvalue weighted by Gasteiger charge is -2.08. The topological polar surface area (TPSA) is 63.2 Å². The highest BCUT2D eigenvalue weighted by Crippen LogP contribution is 2.09. The molecule has 0 aliphatic heterocycles. The first-order chi connectivity index (χ1) is 9.77. The van der Waals surface area contributed by atoms with Crippen LogP contribution in [-0.4, -0.2) is 37.7 Å². The van der Waals surface area contributed by atoms with Crippen LogP contribution in [0.15, 0.2) is 18.5 Å². The van der Waals surface area contributed by atoms with Gasteiger partial charge in [0.15, 0.2) is 0 Å². The Balaban J connectivity index is 2.39. The molecule has 0 spiro atoms. The van der Waals surface area contributed by atoms with E-state index in [-0.39, 0.29) is 5.91 Å². The lowest BCUT2D eigenvalue weighted by molar-refractivity contribution is 0.0948. The summed E-state index contributed by atoms with van der Waals surface area (Å²) in [4.78, 5) is 16.0. The van der Waals surface area contributed by atoms with Crippen LogP contribution in [0, 0.1) is 0 Å². The molecule has 0 atom stereocenters. The van der Waals surface area contributed by atoms with E-state index in [1.165, 1.54) is 12.8 Å². The normalized spacial score (nSPS) is 10.3. The molecule has 1 aromatic heterocycles. The van der Waals surface area contributed by atoms with E-state index in [1.54, 1.807) is 19.5 Å². The number of nitrogens with one attached hydrogen (secondary N) is 2. The van der Waals surface area contributed by atoms with Crippen LogP contribution in [0.25, 0.3) is 0 Å². The first-order valence-corrected chi connectivity index (χ1v) is 7.24. The number of hydrogen-bond donors (Lipinski definition) is 2. The SMILES string of the molecule is CCCCCNc1cncc(C(=O)NCCCOC)c1. The summed E-state index contributed by atoms with van der Waals surface area (Å²) in [6, 6.07) is 1.84.